The second-order valence-electron chi connectivity index (χ2n) is 8.23. The average Bonchev–Trinajstić information content (AvgIpc) is 3.84. The third-order valence-corrected chi connectivity index (χ3v) is 5.71. The van der Waals surface area contributed by atoms with Gasteiger partial charge in [0.25, 0.3) is 0 Å². The molecule has 0 unspecified atom stereocenters. The molecule has 8 aromatic heterocycles. The molecule has 194 valence electrons. The third kappa shape index (κ3) is 3.71. The van der Waals surface area contributed by atoms with E-state index in [0.29, 0.717) is 80.1 Å². The van der Waals surface area contributed by atoms with E-state index in [4.69, 9.17) is 36.2 Å². The van der Waals surface area contributed by atoms with Crippen LogP contribution >= 0.6 is 0 Å². The van der Waals surface area contributed by atoms with Crippen LogP contribution in [0.3, 0.4) is 0 Å². The van der Waals surface area contributed by atoms with Crippen molar-refractivity contribution in [2.45, 2.75) is 0 Å². The fourth-order valence-corrected chi connectivity index (χ4v) is 3.76. The zero-order valence-electron chi connectivity index (χ0n) is 19.6. The van der Waals surface area contributed by atoms with Gasteiger partial charge in [0, 0.05) is 48.5 Å². The van der Waals surface area contributed by atoms with Crippen LogP contribution in [0.5, 0.6) is 0 Å². The maximum atomic E-state index is 5.43. The molecule has 0 saturated heterocycles. The van der Waals surface area contributed by atoms with Crippen LogP contribution in [0.4, 0.5) is 0 Å². The highest BCUT2D eigenvalue weighted by Crippen LogP contribution is 2.33. The first-order valence-corrected chi connectivity index (χ1v) is 11.4. The van der Waals surface area contributed by atoms with Crippen molar-refractivity contribution in [2.75, 3.05) is 0 Å². The molecule has 0 aliphatic carbocycles. The first kappa shape index (κ1) is 21.7. The first-order chi connectivity index (χ1) is 19.8. The van der Waals surface area contributed by atoms with Gasteiger partial charge >= 0.3 is 0 Å². The molecule has 0 N–H and O–H groups in total. The Hall–Kier alpha value is -6.32. The smallest absolute Gasteiger partial charge is 0.205 e. The summed E-state index contributed by atoms with van der Waals surface area (Å²) in [5.41, 5.74) is 3.64. The Labute approximate surface area is 219 Å². The fourth-order valence-electron chi connectivity index (χ4n) is 3.76. The van der Waals surface area contributed by atoms with Crippen molar-refractivity contribution in [3.05, 3.63) is 61.1 Å². The van der Waals surface area contributed by atoms with Crippen molar-refractivity contribution in [1.82, 2.24) is 41.3 Å². The summed E-state index contributed by atoms with van der Waals surface area (Å²) in [4.78, 5) is 0. The summed E-state index contributed by atoms with van der Waals surface area (Å²) >= 11 is 0. The van der Waals surface area contributed by atoms with E-state index in [9.17, 15) is 0 Å². The zero-order chi connectivity index (χ0) is 26.5. The van der Waals surface area contributed by atoms with E-state index in [2.05, 4.69) is 41.3 Å². The lowest BCUT2D eigenvalue weighted by molar-refractivity contribution is 0.383. The minimum absolute atomic E-state index is 0.308. The van der Waals surface area contributed by atoms with Crippen molar-refractivity contribution in [3.63, 3.8) is 0 Å². The van der Waals surface area contributed by atoms with E-state index in [1.807, 2.05) is 0 Å². The number of nitrogens with zero attached hydrogens (tertiary/aromatic N) is 8. The van der Waals surface area contributed by atoms with Crippen molar-refractivity contribution in [3.8, 4) is 80.1 Å². The Balaban J connectivity index is 1.00. The van der Waals surface area contributed by atoms with Crippen molar-refractivity contribution in [1.29, 1.82) is 0 Å². The Morgan fingerprint density at radius 2 is 0.550 bits per heavy atom. The summed E-state index contributed by atoms with van der Waals surface area (Å²) in [6.07, 6.45) is 2.88. The molecule has 0 aliphatic heterocycles. The predicted molar refractivity (Wildman–Crippen MR) is 125 cm³/mol. The molecule has 16 heteroatoms. The Morgan fingerprint density at radius 3 is 0.775 bits per heavy atom. The molecule has 40 heavy (non-hydrogen) atoms. The Bertz CT molecular complexity index is 1890. The van der Waals surface area contributed by atoms with E-state index in [-0.39, 0.29) is 0 Å². The van der Waals surface area contributed by atoms with E-state index in [1.165, 1.54) is 12.5 Å². The summed E-state index contributed by atoms with van der Waals surface area (Å²) in [5, 5.41) is 31.7. The molecular weight excluding hydrogens is 528 g/mol. The molecular formula is C24H10N8O8. The molecule has 16 nitrogen and oxygen atoms in total. The second kappa shape index (κ2) is 8.62. The summed E-state index contributed by atoms with van der Waals surface area (Å²) in [7, 11) is 0. The van der Waals surface area contributed by atoms with Crippen LogP contribution in [0, 0.1) is 0 Å². The molecule has 8 heterocycles. The predicted octanol–water partition coefficient (Wildman–Crippen LogP) is 5.26. The lowest BCUT2D eigenvalue weighted by Crippen LogP contribution is -1.74. The summed E-state index contributed by atoms with van der Waals surface area (Å²) in [5.74, 6) is 2.00. The van der Waals surface area contributed by atoms with Crippen LogP contribution < -0.4 is 0 Å². The van der Waals surface area contributed by atoms with Gasteiger partial charge in [-0.3, -0.25) is 0 Å². The number of rotatable bonds is 7. The largest absolute Gasteiger partial charge is 0.364 e. The topological polar surface area (TPSA) is 208 Å². The van der Waals surface area contributed by atoms with E-state index < -0.39 is 0 Å². The Kier molecular flexibility index (Phi) is 4.68. The van der Waals surface area contributed by atoms with Crippen molar-refractivity contribution in [2.24, 2.45) is 0 Å². The molecule has 0 saturated carbocycles. The van der Waals surface area contributed by atoms with Crippen LogP contribution in [0.15, 0.2) is 97.2 Å². The summed E-state index contributed by atoms with van der Waals surface area (Å²) < 4.78 is 42.0. The van der Waals surface area contributed by atoms with Crippen LogP contribution in [0.2, 0.25) is 0 Å². The lowest BCUT2D eigenvalue weighted by Gasteiger charge is -1.82. The SMILES string of the molecule is c1cc(-c2cc(-c3cc(-c4cc(-c5cc(-c6cc(-c7cc(-c8ccon8)no7)on6)no5)on4)no3)on2)no1. The van der Waals surface area contributed by atoms with Gasteiger partial charge in [0.2, 0.25) is 34.6 Å². The van der Waals surface area contributed by atoms with Gasteiger partial charge in [0.05, 0.1) is 0 Å². The quantitative estimate of drug-likeness (QED) is 0.253. The van der Waals surface area contributed by atoms with Crippen molar-refractivity contribution >= 4 is 0 Å². The van der Waals surface area contributed by atoms with Crippen molar-refractivity contribution < 1.29 is 36.2 Å². The third-order valence-electron chi connectivity index (χ3n) is 5.71. The molecule has 8 aromatic rings. The molecule has 8 rings (SSSR count). The molecule has 0 aliphatic rings. The molecule has 0 atom stereocenters. The van der Waals surface area contributed by atoms with Gasteiger partial charge in [0.1, 0.15) is 58.1 Å². The average molecular weight is 538 g/mol. The molecule has 0 radical (unpaired) electrons. The molecule has 0 bridgehead atoms. The second-order valence-corrected chi connectivity index (χ2v) is 8.23. The molecule has 0 spiro atoms. The highest BCUT2D eigenvalue weighted by molar-refractivity contribution is 5.70. The van der Waals surface area contributed by atoms with Gasteiger partial charge in [-0.05, 0) is 0 Å². The summed E-state index contributed by atoms with van der Waals surface area (Å²) in [6, 6.07) is 13.1. The molecule has 0 aromatic carbocycles. The Morgan fingerprint density at radius 1 is 0.300 bits per heavy atom. The number of hydrogen-bond acceptors (Lipinski definition) is 16. The number of hydrogen-bond donors (Lipinski definition) is 0. The monoisotopic (exact) mass is 538 g/mol. The van der Waals surface area contributed by atoms with Crippen LogP contribution in [-0.2, 0) is 0 Å². The maximum Gasteiger partial charge on any atom is 0.205 e. The summed E-state index contributed by atoms with van der Waals surface area (Å²) in [6.45, 7) is 0. The van der Waals surface area contributed by atoms with E-state index in [0.717, 1.165) is 0 Å². The number of aromatic nitrogens is 8. The van der Waals surface area contributed by atoms with Crippen LogP contribution in [-0.4, -0.2) is 41.3 Å². The highest BCUT2D eigenvalue weighted by Gasteiger charge is 2.22. The van der Waals surface area contributed by atoms with Gasteiger partial charge in [-0.15, -0.1) is 0 Å². The molecule has 0 amide bonds. The lowest BCUT2D eigenvalue weighted by atomic mass is 10.2. The molecule has 0 fully saturated rings. The normalized spacial score (nSPS) is 11.5. The van der Waals surface area contributed by atoms with Gasteiger partial charge in [-0.1, -0.05) is 41.3 Å². The zero-order valence-corrected chi connectivity index (χ0v) is 19.6. The van der Waals surface area contributed by atoms with E-state index in [1.54, 1.807) is 48.5 Å². The van der Waals surface area contributed by atoms with Gasteiger partial charge < -0.3 is 36.2 Å². The van der Waals surface area contributed by atoms with Crippen LogP contribution in [0.25, 0.3) is 80.1 Å². The first-order valence-electron chi connectivity index (χ1n) is 11.4. The minimum atomic E-state index is 0.308. The highest BCUT2D eigenvalue weighted by atomic mass is 16.5. The van der Waals surface area contributed by atoms with Gasteiger partial charge in [0.15, 0.2) is 0 Å². The fraction of sp³-hybridized carbons (Fsp3) is 0. The van der Waals surface area contributed by atoms with Gasteiger partial charge in [-0.2, -0.15) is 0 Å². The standard InChI is InChI=1S/C24H10N8O8/c1-3-33-25-11(1)13-5-19(35-27-13)21-7-15(29-37-21)17-9-23(39-31-17)24-10-18(32-40-24)16-8-22(38-30-16)20-6-14(28-36-20)12-2-4-34-26-12/h1-10H. The van der Waals surface area contributed by atoms with E-state index >= 15 is 0 Å². The van der Waals surface area contributed by atoms with Gasteiger partial charge in [-0.25, -0.2) is 0 Å². The van der Waals surface area contributed by atoms with Crippen LogP contribution in [0.1, 0.15) is 0 Å². The minimum Gasteiger partial charge on any atom is -0.364 e. The maximum absolute atomic E-state index is 5.43.